The zero-order chi connectivity index (χ0) is 46.6. The van der Waals surface area contributed by atoms with Gasteiger partial charge in [0, 0.05) is 19.3 Å². The van der Waals surface area contributed by atoms with E-state index in [0.717, 1.165) is 0 Å². The molecule has 63 heavy (non-hydrogen) atoms. The average molecular weight is 903 g/mol. The molecule has 14 N–H and O–H groups in total. The number of nitrogens with one attached hydrogen (secondary N) is 6. The number of benzene rings is 2. The third-order valence-corrected chi connectivity index (χ3v) is 10.8. The molecule has 7 amide bonds. The molecule has 0 saturated carbocycles. The van der Waals surface area contributed by atoms with Gasteiger partial charge in [0.2, 0.25) is 41.4 Å². The molecule has 2 aromatic carbocycles. The molecule has 20 nitrogen and oxygen atoms in total. The highest BCUT2D eigenvalue weighted by Crippen LogP contribution is 2.21. The van der Waals surface area contributed by atoms with Crippen LogP contribution in [0.5, 0.6) is 0 Å². The van der Waals surface area contributed by atoms with Crippen molar-refractivity contribution in [2.45, 2.75) is 113 Å². The highest BCUT2D eigenvalue weighted by Gasteiger charge is 2.45. The monoisotopic (exact) mass is 902 g/mol. The fraction of sp³-hybridized carbons (Fsp3) is 0.548. The molecule has 1 aliphatic heterocycles. The van der Waals surface area contributed by atoms with Crippen molar-refractivity contribution in [2.75, 3.05) is 25.2 Å². The van der Waals surface area contributed by atoms with Crippen molar-refractivity contribution in [2.24, 2.45) is 17.4 Å². The van der Waals surface area contributed by atoms with E-state index in [0.29, 0.717) is 23.3 Å². The SMILES string of the molecule is CSCC[C@H](NC(=O)[C@H](CC(C)C)NC(=O)CNC(=O)[C@H](Cc1ccccc1)NC(=O)[C@H](Cc1ccccc1)NC(=O)[C@H](CCC(N)=O)N[C@@H]1O[C@H](CO)[C@@H](O)[C@H](O)[C@H]1O)C(N)=O. The Balaban J connectivity index is 1.84. The minimum absolute atomic E-state index is 0.0468. The lowest BCUT2D eigenvalue weighted by atomic mass is 9.97. The van der Waals surface area contributed by atoms with E-state index in [2.05, 4.69) is 31.9 Å². The van der Waals surface area contributed by atoms with E-state index in [1.54, 1.807) is 60.7 Å². The smallest absolute Gasteiger partial charge is 0.243 e. The molecule has 0 aliphatic carbocycles. The Morgan fingerprint density at radius 1 is 0.683 bits per heavy atom. The zero-order valence-corrected chi connectivity index (χ0v) is 36.4. The van der Waals surface area contributed by atoms with Crippen molar-refractivity contribution in [1.29, 1.82) is 0 Å². The van der Waals surface area contributed by atoms with Crippen LogP contribution in [0.2, 0.25) is 0 Å². The second-order valence-corrected chi connectivity index (χ2v) is 16.7. The fourth-order valence-electron chi connectivity index (χ4n) is 6.71. The third-order valence-electron chi connectivity index (χ3n) is 10.1. The summed E-state index contributed by atoms with van der Waals surface area (Å²) >= 11 is 1.47. The van der Waals surface area contributed by atoms with E-state index in [4.69, 9.17) is 16.2 Å². The number of aliphatic hydroxyl groups is 4. The second kappa shape index (κ2) is 26.5. The van der Waals surface area contributed by atoms with Crippen molar-refractivity contribution in [3.8, 4) is 0 Å². The molecule has 0 spiro atoms. The number of nitrogens with two attached hydrogens (primary N) is 2. The van der Waals surface area contributed by atoms with Gasteiger partial charge >= 0.3 is 0 Å². The Morgan fingerprint density at radius 2 is 1.21 bits per heavy atom. The number of rotatable bonds is 26. The molecule has 21 heteroatoms. The number of carbonyl (C=O) groups is 7. The standard InChI is InChI=1S/C42H62N8O12S/c1-23(2)18-28(40(60)47-26(37(44)57)16-17-63-3)46-33(53)21-45-38(58)29(19-24-10-6-4-7-11-24)48-41(61)30(20-25-12-8-5-9-13-25)49-39(59)27(14-15-32(43)52)50-42-36(56)35(55)34(54)31(22-51)62-42/h4-13,23,26-31,34-36,42,50-51,54-56H,14-22H2,1-3H3,(H2,43,52)(H2,44,57)(H,45,58)(H,46,53)(H,47,60)(H,48,61)(H,49,59)/t26-,27-,28-,29-,30-,31+,34+,35-,36+,42+/m0/s1. The molecule has 1 saturated heterocycles. The van der Waals surface area contributed by atoms with Gasteiger partial charge in [-0.3, -0.25) is 38.9 Å². The van der Waals surface area contributed by atoms with Gasteiger partial charge in [0.25, 0.3) is 0 Å². The van der Waals surface area contributed by atoms with Gasteiger partial charge in [-0.2, -0.15) is 11.8 Å². The molecule has 0 bridgehead atoms. The highest BCUT2D eigenvalue weighted by atomic mass is 32.2. The summed E-state index contributed by atoms with van der Waals surface area (Å²) in [4.78, 5) is 92.3. The Morgan fingerprint density at radius 3 is 1.71 bits per heavy atom. The second-order valence-electron chi connectivity index (χ2n) is 15.7. The predicted molar refractivity (Wildman–Crippen MR) is 232 cm³/mol. The van der Waals surface area contributed by atoms with E-state index in [-0.39, 0.29) is 38.0 Å². The first kappa shape index (κ1) is 52.2. The number of ether oxygens (including phenoxy) is 1. The summed E-state index contributed by atoms with van der Waals surface area (Å²) in [6.45, 7) is 2.35. The summed E-state index contributed by atoms with van der Waals surface area (Å²) in [7, 11) is 0. The predicted octanol–water partition coefficient (Wildman–Crippen LogP) is -3.16. The van der Waals surface area contributed by atoms with Crippen LogP contribution in [0.25, 0.3) is 0 Å². The number of aliphatic hydroxyl groups excluding tert-OH is 4. The maximum atomic E-state index is 14.2. The zero-order valence-electron chi connectivity index (χ0n) is 35.6. The summed E-state index contributed by atoms with van der Waals surface area (Å²) in [5.74, 6) is -4.78. The maximum Gasteiger partial charge on any atom is 0.243 e. The summed E-state index contributed by atoms with van der Waals surface area (Å²) in [6.07, 6.45) is -6.46. The number of amides is 7. The number of hydrogen-bond donors (Lipinski definition) is 12. The molecule has 0 radical (unpaired) electrons. The number of hydrogen-bond acceptors (Lipinski definition) is 14. The Bertz CT molecular complexity index is 1810. The topological polar surface area (TPSA) is 334 Å². The van der Waals surface area contributed by atoms with Crippen LogP contribution in [0.4, 0.5) is 0 Å². The van der Waals surface area contributed by atoms with Gasteiger partial charge in [0.15, 0.2) is 0 Å². The first-order valence-electron chi connectivity index (χ1n) is 20.6. The lowest BCUT2D eigenvalue weighted by molar-refractivity contribution is -0.238. The molecule has 0 unspecified atom stereocenters. The van der Waals surface area contributed by atoms with Crippen molar-refractivity contribution in [3.63, 3.8) is 0 Å². The highest BCUT2D eigenvalue weighted by molar-refractivity contribution is 7.98. The lowest BCUT2D eigenvalue weighted by Crippen LogP contribution is -2.65. The maximum absolute atomic E-state index is 14.2. The Labute approximate surface area is 370 Å². The minimum Gasteiger partial charge on any atom is -0.394 e. The van der Waals surface area contributed by atoms with E-state index in [1.807, 2.05) is 20.1 Å². The van der Waals surface area contributed by atoms with Crippen LogP contribution >= 0.6 is 11.8 Å². The lowest BCUT2D eigenvalue weighted by Gasteiger charge is -2.41. The minimum atomic E-state index is -1.78. The fourth-order valence-corrected chi connectivity index (χ4v) is 7.18. The Kier molecular flexibility index (Phi) is 21.9. The van der Waals surface area contributed by atoms with Crippen LogP contribution in [0.1, 0.15) is 50.7 Å². The number of carbonyl (C=O) groups excluding carboxylic acids is 7. The van der Waals surface area contributed by atoms with Crippen molar-refractivity contribution in [3.05, 3.63) is 71.8 Å². The normalized spacial score (nSPS) is 20.9. The largest absolute Gasteiger partial charge is 0.394 e. The van der Waals surface area contributed by atoms with Gasteiger partial charge < -0.3 is 63.2 Å². The van der Waals surface area contributed by atoms with Gasteiger partial charge in [0.05, 0.1) is 19.2 Å². The van der Waals surface area contributed by atoms with Crippen LogP contribution in [-0.4, -0.2) is 148 Å². The first-order valence-corrected chi connectivity index (χ1v) is 22.0. The van der Waals surface area contributed by atoms with Crippen LogP contribution in [-0.2, 0) is 51.1 Å². The van der Waals surface area contributed by atoms with Crippen molar-refractivity contribution >= 4 is 53.1 Å². The number of thioether (sulfide) groups is 1. The van der Waals surface area contributed by atoms with Crippen molar-refractivity contribution < 1.29 is 58.7 Å². The first-order chi connectivity index (χ1) is 29.9. The molecule has 3 rings (SSSR count). The van der Waals surface area contributed by atoms with E-state index in [9.17, 15) is 54.0 Å². The molecular weight excluding hydrogens is 841 g/mol. The number of primary amides is 2. The van der Waals surface area contributed by atoms with Crippen LogP contribution in [0, 0.1) is 5.92 Å². The van der Waals surface area contributed by atoms with E-state index in [1.165, 1.54) is 11.8 Å². The molecule has 0 aromatic heterocycles. The van der Waals surface area contributed by atoms with Gasteiger partial charge in [-0.25, -0.2) is 0 Å². The van der Waals surface area contributed by atoms with Gasteiger partial charge in [-0.1, -0.05) is 74.5 Å². The molecule has 2 aromatic rings. The van der Waals surface area contributed by atoms with Gasteiger partial charge in [-0.15, -0.1) is 0 Å². The van der Waals surface area contributed by atoms with Gasteiger partial charge in [0.1, 0.15) is 54.8 Å². The molecule has 10 atom stereocenters. The van der Waals surface area contributed by atoms with Crippen LogP contribution in [0.15, 0.2) is 60.7 Å². The van der Waals surface area contributed by atoms with Crippen LogP contribution < -0.4 is 43.4 Å². The Hall–Kier alpha value is -5.16. The molecular formula is C42H62N8O12S. The van der Waals surface area contributed by atoms with E-state index >= 15 is 0 Å². The third kappa shape index (κ3) is 17.5. The molecule has 1 heterocycles. The van der Waals surface area contributed by atoms with Crippen LogP contribution in [0.3, 0.4) is 0 Å². The molecule has 348 valence electrons. The average Bonchev–Trinajstić information content (AvgIpc) is 3.25. The quantitative estimate of drug-likeness (QED) is 0.0444. The molecule has 1 fully saturated rings. The summed E-state index contributed by atoms with van der Waals surface area (Å²) in [5.41, 5.74) is 12.1. The van der Waals surface area contributed by atoms with Gasteiger partial charge in [-0.05, 0) is 48.3 Å². The summed E-state index contributed by atoms with van der Waals surface area (Å²) in [5, 5.41) is 56.7. The summed E-state index contributed by atoms with van der Waals surface area (Å²) < 4.78 is 5.52. The van der Waals surface area contributed by atoms with E-state index < -0.39 is 115 Å². The van der Waals surface area contributed by atoms with Crippen molar-refractivity contribution in [1.82, 2.24) is 31.9 Å². The summed E-state index contributed by atoms with van der Waals surface area (Å²) in [6, 6.07) is 11.2. The molecule has 1 aliphatic rings.